The Morgan fingerprint density at radius 2 is 1.93 bits per heavy atom. The Kier molecular flexibility index (Phi) is 4.40. The van der Waals surface area contributed by atoms with Crippen molar-refractivity contribution in [2.24, 2.45) is 5.73 Å². The summed E-state index contributed by atoms with van der Waals surface area (Å²) in [6.45, 7) is 1.58. The van der Waals surface area contributed by atoms with Gasteiger partial charge in [0.05, 0.1) is 21.8 Å². The van der Waals surface area contributed by atoms with Crippen LogP contribution in [0.3, 0.4) is 0 Å². The van der Waals surface area contributed by atoms with Gasteiger partial charge in [-0.2, -0.15) is 0 Å². The van der Waals surface area contributed by atoms with Crippen molar-refractivity contribution in [2.45, 2.75) is 13.0 Å². The van der Waals surface area contributed by atoms with Crippen molar-refractivity contribution in [1.82, 2.24) is 0 Å². The summed E-state index contributed by atoms with van der Waals surface area (Å²) in [7, 11) is 0. The van der Waals surface area contributed by atoms with Crippen LogP contribution in [0.15, 0.2) is 16.6 Å². The zero-order chi connectivity index (χ0) is 11.6. The van der Waals surface area contributed by atoms with E-state index in [0.717, 1.165) is 4.47 Å². The lowest BCUT2D eigenvalue weighted by atomic mass is 10.3. The fourth-order valence-corrected chi connectivity index (χ4v) is 2.20. The van der Waals surface area contributed by atoms with Gasteiger partial charge in [0.25, 0.3) is 0 Å². The minimum absolute atomic E-state index is 0.332. The average molecular weight is 312 g/mol. The molecule has 82 valence electrons. The summed E-state index contributed by atoms with van der Waals surface area (Å²) in [5.41, 5.74) is 5.78. The molecule has 1 aromatic rings. The highest BCUT2D eigenvalue weighted by Crippen LogP contribution is 2.33. The molecule has 1 atom stereocenters. The van der Waals surface area contributed by atoms with Gasteiger partial charge in [-0.05, 0) is 19.1 Å². The van der Waals surface area contributed by atoms with Crippen LogP contribution in [0.5, 0.6) is 0 Å². The van der Waals surface area contributed by atoms with Crippen LogP contribution >= 0.6 is 39.1 Å². The quantitative estimate of drug-likeness (QED) is 0.882. The van der Waals surface area contributed by atoms with Crippen molar-refractivity contribution in [3.05, 3.63) is 26.7 Å². The van der Waals surface area contributed by atoms with Crippen LogP contribution in [-0.4, -0.2) is 11.9 Å². The first-order chi connectivity index (χ1) is 6.91. The largest absolute Gasteiger partial charge is 0.322 e. The van der Waals surface area contributed by atoms with Gasteiger partial charge >= 0.3 is 0 Å². The van der Waals surface area contributed by atoms with Crippen LogP contribution < -0.4 is 11.1 Å². The van der Waals surface area contributed by atoms with Crippen molar-refractivity contribution < 1.29 is 4.79 Å². The topological polar surface area (TPSA) is 55.1 Å². The van der Waals surface area contributed by atoms with Crippen LogP contribution in [0.25, 0.3) is 0 Å². The van der Waals surface area contributed by atoms with Crippen LogP contribution in [-0.2, 0) is 4.79 Å². The molecule has 15 heavy (non-hydrogen) atoms. The molecule has 0 spiro atoms. The molecule has 3 N–H and O–H groups in total. The van der Waals surface area contributed by atoms with Crippen LogP contribution in [0.4, 0.5) is 5.69 Å². The molecular formula is C9H9BrCl2N2O. The van der Waals surface area contributed by atoms with Gasteiger partial charge in [-0.15, -0.1) is 0 Å². The lowest BCUT2D eigenvalue weighted by Crippen LogP contribution is -2.32. The lowest BCUT2D eigenvalue weighted by molar-refractivity contribution is -0.117. The highest BCUT2D eigenvalue weighted by Gasteiger charge is 2.13. The summed E-state index contributed by atoms with van der Waals surface area (Å²) in [5.74, 6) is -0.332. The third kappa shape index (κ3) is 3.34. The summed E-state index contributed by atoms with van der Waals surface area (Å²) in [6.07, 6.45) is 0. The summed E-state index contributed by atoms with van der Waals surface area (Å²) in [4.78, 5) is 11.3. The van der Waals surface area contributed by atoms with E-state index in [9.17, 15) is 4.79 Å². The first-order valence-electron chi connectivity index (χ1n) is 4.13. The van der Waals surface area contributed by atoms with Crippen molar-refractivity contribution in [2.75, 3.05) is 5.32 Å². The molecule has 1 aromatic carbocycles. The summed E-state index contributed by atoms with van der Waals surface area (Å²) >= 11 is 15.1. The smallest absolute Gasteiger partial charge is 0.241 e. The predicted octanol–water partition coefficient (Wildman–Crippen LogP) is 3.04. The fraction of sp³-hybridized carbons (Fsp3) is 0.222. The van der Waals surface area contributed by atoms with E-state index in [0.29, 0.717) is 15.7 Å². The second-order valence-corrected chi connectivity index (χ2v) is 4.75. The van der Waals surface area contributed by atoms with Gasteiger partial charge < -0.3 is 11.1 Å². The molecule has 0 fully saturated rings. The van der Waals surface area contributed by atoms with E-state index in [2.05, 4.69) is 21.2 Å². The summed E-state index contributed by atoms with van der Waals surface area (Å²) in [5, 5.41) is 3.28. The molecule has 0 aromatic heterocycles. The van der Waals surface area contributed by atoms with E-state index in [1.807, 2.05) is 0 Å². The Hall–Kier alpha value is -0.290. The fourth-order valence-electron chi connectivity index (χ4n) is 0.899. The first kappa shape index (κ1) is 12.8. The molecule has 1 rings (SSSR count). The number of halogens is 3. The van der Waals surface area contributed by atoms with E-state index in [-0.39, 0.29) is 5.91 Å². The molecule has 0 aliphatic heterocycles. The van der Waals surface area contributed by atoms with E-state index < -0.39 is 6.04 Å². The van der Waals surface area contributed by atoms with Gasteiger partial charge in [-0.1, -0.05) is 39.1 Å². The van der Waals surface area contributed by atoms with Gasteiger partial charge in [-0.25, -0.2) is 0 Å². The third-order valence-corrected chi connectivity index (χ3v) is 2.72. The number of carbonyl (C=O) groups excluding carboxylic acids is 1. The number of rotatable bonds is 2. The Morgan fingerprint density at radius 3 is 2.33 bits per heavy atom. The second-order valence-electron chi connectivity index (χ2n) is 3.02. The molecule has 0 heterocycles. The first-order valence-corrected chi connectivity index (χ1v) is 5.67. The molecule has 0 bridgehead atoms. The maximum atomic E-state index is 11.3. The Labute approximate surface area is 106 Å². The molecule has 3 nitrogen and oxygen atoms in total. The molecule has 6 heteroatoms. The van der Waals surface area contributed by atoms with Gasteiger partial charge in [0.1, 0.15) is 0 Å². The molecule has 0 aliphatic rings. The van der Waals surface area contributed by atoms with Gasteiger partial charge in [0.15, 0.2) is 0 Å². The summed E-state index contributed by atoms with van der Waals surface area (Å²) in [6, 6.07) is 2.68. The highest BCUT2D eigenvalue weighted by molar-refractivity contribution is 9.10. The number of nitrogens with two attached hydrogens (primary N) is 1. The standard InChI is InChI=1S/C9H9BrCl2N2O/c1-4(13)9(15)14-8-6(11)2-5(10)3-7(8)12/h2-4H,13H2,1H3,(H,14,15)/t4-/m1/s1. The maximum Gasteiger partial charge on any atom is 0.241 e. The van der Waals surface area contributed by atoms with Gasteiger partial charge in [-0.3, -0.25) is 4.79 Å². The molecule has 1 amide bonds. The Bertz CT molecular complexity index is 373. The average Bonchev–Trinajstić information content (AvgIpc) is 2.10. The number of anilines is 1. The molecule has 0 saturated carbocycles. The zero-order valence-corrected chi connectivity index (χ0v) is 10.9. The number of amides is 1. The Balaban J connectivity index is 3.00. The maximum absolute atomic E-state index is 11.3. The SMILES string of the molecule is C[C@@H](N)C(=O)Nc1c(Cl)cc(Br)cc1Cl. The number of hydrogen-bond donors (Lipinski definition) is 2. The monoisotopic (exact) mass is 310 g/mol. The molecular weight excluding hydrogens is 303 g/mol. The normalized spacial score (nSPS) is 12.3. The zero-order valence-electron chi connectivity index (χ0n) is 7.85. The van der Waals surface area contributed by atoms with Crippen molar-refractivity contribution in [3.8, 4) is 0 Å². The van der Waals surface area contributed by atoms with Crippen molar-refractivity contribution in [1.29, 1.82) is 0 Å². The van der Waals surface area contributed by atoms with E-state index in [4.69, 9.17) is 28.9 Å². The van der Waals surface area contributed by atoms with Crippen LogP contribution in [0.2, 0.25) is 10.0 Å². The van der Waals surface area contributed by atoms with E-state index >= 15 is 0 Å². The molecule has 0 saturated heterocycles. The third-order valence-electron chi connectivity index (χ3n) is 1.67. The minimum atomic E-state index is -0.610. The van der Waals surface area contributed by atoms with Gasteiger partial charge in [0.2, 0.25) is 5.91 Å². The van der Waals surface area contributed by atoms with Crippen LogP contribution in [0, 0.1) is 0 Å². The number of benzene rings is 1. The summed E-state index contributed by atoms with van der Waals surface area (Å²) < 4.78 is 0.747. The molecule has 0 aliphatic carbocycles. The van der Waals surface area contributed by atoms with Crippen molar-refractivity contribution >= 4 is 50.7 Å². The highest BCUT2D eigenvalue weighted by atomic mass is 79.9. The Morgan fingerprint density at radius 1 is 1.47 bits per heavy atom. The van der Waals surface area contributed by atoms with Crippen molar-refractivity contribution in [3.63, 3.8) is 0 Å². The number of carbonyl (C=O) groups is 1. The lowest BCUT2D eigenvalue weighted by Gasteiger charge is -2.11. The second kappa shape index (κ2) is 5.16. The van der Waals surface area contributed by atoms with E-state index in [1.165, 1.54) is 0 Å². The number of hydrogen-bond acceptors (Lipinski definition) is 2. The molecule has 0 unspecified atom stereocenters. The van der Waals surface area contributed by atoms with Gasteiger partial charge in [0, 0.05) is 4.47 Å². The van der Waals surface area contributed by atoms with Crippen LogP contribution in [0.1, 0.15) is 6.92 Å². The predicted molar refractivity (Wildman–Crippen MR) is 66.4 cm³/mol. The minimum Gasteiger partial charge on any atom is -0.322 e. The van der Waals surface area contributed by atoms with E-state index in [1.54, 1.807) is 19.1 Å². The number of nitrogens with one attached hydrogen (secondary N) is 1. The molecule has 0 radical (unpaired) electrons.